The number of fused-ring (bicyclic) bond motifs is 1. The number of carboxylic acids is 1. The molecule has 0 spiro atoms. The molecule has 1 saturated heterocycles. The van der Waals surface area contributed by atoms with Crippen LogP contribution in [0.25, 0.3) is 22.3 Å². The van der Waals surface area contributed by atoms with Gasteiger partial charge in [0, 0.05) is 18.2 Å². The Hall–Kier alpha value is -3.64. The fraction of sp³-hybridized carbons (Fsp3) is 0.273. The van der Waals surface area contributed by atoms with Crippen molar-refractivity contribution < 1.29 is 49.0 Å². The average molecular weight is 460 g/mol. The van der Waals surface area contributed by atoms with Crippen LogP contribution in [0.4, 0.5) is 0 Å². The van der Waals surface area contributed by atoms with Crippen LogP contribution in [0.2, 0.25) is 0 Å². The van der Waals surface area contributed by atoms with Crippen LogP contribution in [0.1, 0.15) is 0 Å². The third-order valence-corrected chi connectivity index (χ3v) is 5.22. The van der Waals surface area contributed by atoms with Gasteiger partial charge in [-0.15, -0.1) is 0 Å². The average Bonchev–Trinajstić information content (AvgIpc) is 2.78. The molecule has 1 fully saturated rings. The Morgan fingerprint density at radius 1 is 1.03 bits per heavy atom. The zero-order valence-electron chi connectivity index (χ0n) is 17.1. The number of ether oxygens (including phenoxy) is 3. The molecule has 0 bridgehead atoms. The van der Waals surface area contributed by atoms with Gasteiger partial charge in [-0.25, -0.2) is 4.79 Å². The number of hydrogen-bond acceptors (Lipinski definition) is 10. The Morgan fingerprint density at radius 3 is 2.45 bits per heavy atom. The number of rotatable bonds is 5. The summed E-state index contributed by atoms with van der Waals surface area (Å²) in [6.45, 7) is 0. The number of phenolic OH excluding ortho intramolecular Hbond substituents is 1. The van der Waals surface area contributed by atoms with E-state index in [1.807, 2.05) is 0 Å². The van der Waals surface area contributed by atoms with Crippen LogP contribution >= 0.6 is 0 Å². The number of aliphatic carboxylic acids is 1. The molecule has 0 aliphatic carbocycles. The quantitative estimate of drug-likeness (QED) is 0.357. The summed E-state index contributed by atoms with van der Waals surface area (Å²) in [5.74, 6) is -1.63. The minimum Gasteiger partial charge on any atom is -0.507 e. The van der Waals surface area contributed by atoms with Gasteiger partial charge in [0.1, 0.15) is 52.3 Å². The van der Waals surface area contributed by atoms with E-state index in [0.29, 0.717) is 11.3 Å². The van der Waals surface area contributed by atoms with E-state index >= 15 is 0 Å². The molecule has 11 heteroatoms. The van der Waals surface area contributed by atoms with Crippen LogP contribution in [0, 0.1) is 0 Å². The van der Waals surface area contributed by atoms with Gasteiger partial charge in [-0.1, -0.05) is 12.1 Å². The van der Waals surface area contributed by atoms with Gasteiger partial charge in [0.25, 0.3) is 0 Å². The molecule has 33 heavy (non-hydrogen) atoms. The normalized spacial score (nSPS) is 25.0. The van der Waals surface area contributed by atoms with E-state index in [1.165, 1.54) is 19.2 Å². The van der Waals surface area contributed by atoms with Crippen LogP contribution in [-0.2, 0) is 9.53 Å². The Labute approximate surface area is 185 Å². The highest BCUT2D eigenvalue weighted by Crippen LogP contribution is 2.35. The molecule has 1 aromatic heterocycles. The van der Waals surface area contributed by atoms with E-state index < -0.39 is 47.9 Å². The molecule has 4 rings (SSSR count). The van der Waals surface area contributed by atoms with Gasteiger partial charge < -0.3 is 44.2 Å². The van der Waals surface area contributed by atoms with Gasteiger partial charge >= 0.3 is 5.97 Å². The van der Waals surface area contributed by atoms with E-state index in [1.54, 1.807) is 24.3 Å². The number of aliphatic hydroxyl groups excluding tert-OH is 3. The molecule has 11 nitrogen and oxygen atoms in total. The summed E-state index contributed by atoms with van der Waals surface area (Å²) in [4.78, 5) is 23.9. The molecule has 1 aliphatic rings. The lowest BCUT2D eigenvalue weighted by Crippen LogP contribution is -2.61. The molecule has 5 N–H and O–H groups in total. The van der Waals surface area contributed by atoms with E-state index in [0.717, 1.165) is 6.07 Å². The minimum absolute atomic E-state index is 0.0703. The Bertz CT molecular complexity index is 1250. The number of carbonyl (C=O) groups is 1. The standard InChI is InChI=1S/C22H20O11/c1-30-13-5-3-2-4-10(13)14-8-12(24)16-11(23)6-9(7-15(16)32-14)31-22-19(27)17(25)18(26)20(33-22)21(28)29/h2-8,17-20,22-23,25-27H,1H3,(H,28,29). The first-order valence-corrected chi connectivity index (χ1v) is 9.74. The van der Waals surface area contributed by atoms with E-state index in [2.05, 4.69) is 0 Å². The molecule has 3 aromatic rings. The lowest BCUT2D eigenvalue weighted by Gasteiger charge is -2.38. The van der Waals surface area contributed by atoms with Crippen molar-refractivity contribution >= 4 is 16.9 Å². The SMILES string of the molecule is COc1ccccc1-c1cc(=O)c2c(O)cc(OC3OC(C(=O)O)C(O)C(O)C3O)cc2o1. The molecule has 0 radical (unpaired) electrons. The van der Waals surface area contributed by atoms with Crippen molar-refractivity contribution in [1.82, 2.24) is 0 Å². The maximum atomic E-state index is 12.7. The summed E-state index contributed by atoms with van der Waals surface area (Å²) in [5.41, 5.74) is -0.129. The molecule has 5 unspecified atom stereocenters. The van der Waals surface area contributed by atoms with E-state index in [9.17, 15) is 30.0 Å². The Kier molecular flexibility index (Phi) is 5.95. The number of benzene rings is 2. The van der Waals surface area contributed by atoms with Gasteiger partial charge in [-0.05, 0) is 12.1 Å². The fourth-order valence-electron chi connectivity index (χ4n) is 3.58. The maximum absolute atomic E-state index is 12.7. The number of aliphatic hydroxyl groups is 3. The minimum atomic E-state index is -1.89. The second kappa shape index (κ2) is 8.71. The van der Waals surface area contributed by atoms with Crippen LogP contribution in [0.5, 0.6) is 17.2 Å². The van der Waals surface area contributed by atoms with Crippen LogP contribution < -0.4 is 14.9 Å². The molecule has 2 heterocycles. The lowest BCUT2D eigenvalue weighted by atomic mass is 9.99. The highest BCUT2D eigenvalue weighted by atomic mass is 16.7. The predicted octanol–water partition coefficient (Wildman–Crippen LogP) is 0.445. The monoisotopic (exact) mass is 460 g/mol. The number of aromatic hydroxyl groups is 1. The van der Waals surface area contributed by atoms with Gasteiger partial charge in [-0.2, -0.15) is 0 Å². The maximum Gasteiger partial charge on any atom is 0.335 e. The zero-order valence-corrected chi connectivity index (χ0v) is 17.1. The highest BCUT2D eigenvalue weighted by Gasteiger charge is 2.48. The Morgan fingerprint density at radius 2 is 1.76 bits per heavy atom. The second-order valence-electron chi connectivity index (χ2n) is 7.34. The summed E-state index contributed by atoms with van der Waals surface area (Å²) in [6.07, 6.45) is -9.12. The van der Waals surface area contributed by atoms with Crippen LogP contribution in [0.3, 0.4) is 0 Å². The number of phenols is 1. The molecule has 5 atom stereocenters. The fourth-order valence-corrected chi connectivity index (χ4v) is 3.58. The molecular weight excluding hydrogens is 440 g/mol. The summed E-state index contributed by atoms with van der Waals surface area (Å²) < 4.78 is 21.6. The van der Waals surface area contributed by atoms with Gasteiger partial charge in [-0.3, -0.25) is 4.79 Å². The van der Waals surface area contributed by atoms with Gasteiger partial charge in [0.2, 0.25) is 6.29 Å². The van der Waals surface area contributed by atoms with Crippen molar-refractivity contribution in [2.45, 2.75) is 30.7 Å². The van der Waals surface area contributed by atoms with Crippen molar-refractivity contribution in [3.05, 3.63) is 52.7 Å². The molecule has 174 valence electrons. The van der Waals surface area contributed by atoms with Crippen LogP contribution in [-0.4, -0.2) is 69.3 Å². The smallest absolute Gasteiger partial charge is 0.335 e. The molecule has 0 amide bonds. The van der Waals surface area contributed by atoms with E-state index in [4.69, 9.17) is 23.7 Å². The van der Waals surface area contributed by atoms with Gasteiger partial charge in [0.15, 0.2) is 11.5 Å². The lowest BCUT2D eigenvalue weighted by molar-refractivity contribution is -0.271. The Balaban J connectivity index is 1.74. The topological polar surface area (TPSA) is 176 Å². The predicted molar refractivity (Wildman–Crippen MR) is 111 cm³/mol. The number of carboxylic acid groups (broad SMARTS) is 1. The van der Waals surface area contributed by atoms with Crippen molar-refractivity contribution in [3.8, 4) is 28.6 Å². The first-order valence-electron chi connectivity index (χ1n) is 9.74. The third kappa shape index (κ3) is 4.10. The van der Waals surface area contributed by atoms with Gasteiger partial charge in [0.05, 0.1) is 12.7 Å². The van der Waals surface area contributed by atoms with E-state index in [-0.39, 0.29) is 22.5 Å². The zero-order chi connectivity index (χ0) is 23.9. The largest absolute Gasteiger partial charge is 0.507 e. The first-order chi connectivity index (χ1) is 15.7. The number of methoxy groups -OCH3 is 1. The summed E-state index contributed by atoms with van der Waals surface area (Å²) in [6, 6.07) is 10.3. The number of hydrogen-bond donors (Lipinski definition) is 5. The third-order valence-electron chi connectivity index (χ3n) is 5.22. The highest BCUT2D eigenvalue weighted by molar-refractivity contribution is 5.86. The van der Waals surface area contributed by atoms with Crippen LogP contribution in [0.15, 0.2) is 51.7 Å². The summed E-state index contributed by atoms with van der Waals surface area (Å²) in [5, 5.41) is 49.3. The van der Waals surface area contributed by atoms with Crippen molar-refractivity contribution in [3.63, 3.8) is 0 Å². The van der Waals surface area contributed by atoms with Crippen molar-refractivity contribution in [2.75, 3.05) is 7.11 Å². The van der Waals surface area contributed by atoms with Crippen molar-refractivity contribution in [2.24, 2.45) is 0 Å². The molecular formula is C22H20O11. The number of para-hydroxylation sites is 1. The first kappa shape index (κ1) is 22.6. The molecule has 0 saturated carbocycles. The molecule has 1 aliphatic heterocycles. The molecule has 2 aromatic carbocycles. The van der Waals surface area contributed by atoms with Crippen molar-refractivity contribution in [1.29, 1.82) is 0 Å². The second-order valence-corrected chi connectivity index (χ2v) is 7.34. The summed E-state index contributed by atoms with van der Waals surface area (Å²) in [7, 11) is 1.46. The summed E-state index contributed by atoms with van der Waals surface area (Å²) >= 11 is 0.